The molecule has 0 N–H and O–H groups in total. The SMILES string of the molecule is CCN(CC)Cc1nc2n(n1)-c1ccccc1N(c1ccccc1)C2.Cl. The van der Waals surface area contributed by atoms with E-state index in [0.717, 1.165) is 43.5 Å². The van der Waals surface area contributed by atoms with E-state index in [1.165, 1.54) is 11.4 Å². The monoisotopic (exact) mass is 369 g/mol. The molecule has 4 rings (SSSR count). The summed E-state index contributed by atoms with van der Waals surface area (Å²) in [5.41, 5.74) is 3.43. The summed E-state index contributed by atoms with van der Waals surface area (Å²) in [4.78, 5) is 9.47. The van der Waals surface area contributed by atoms with Crippen LogP contribution in [-0.2, 0) is 13.1 Å². The van der Waals surface area contributed by atoms with Crippen molar-refractivity contribution in [2.75, 3.05) is 18.0 Å². The van der Waals surface area contributed by atoms with Crippen molar-refractivity contribution in [3.8, 4) is 5.69 Å². The number of fused-ring (bicyclic) bond motifs is 3. The highest BCUT2D eigenvalue weighted by Crippen LogP contribution is 2.36. The van der Waals surface area contributed by atoms with E-state index in [2.05, 4.69) is 72.2 Å². The summed E-state index contributed by atoms with van der Waals surface area (Å²) in [7, 11) is 0. The van der Waals surface area contributed by atoms with E-state index in [0.29, 0.717) is 0 Å². The summed E-state index contributed by atoms with van der Waals surface area (Å²) in [6.45, 7) is 7.88. The third kappa shape index (κ3) is 3.32. The van der Waals surface area contributed by atoms with Gasteiger partial charge >= 0.3 is 0 Å². The third-order valence-corrected chi connectivity index (χ3v) is 4.75. The molecule has 0 bridgehead atoms. The molecule has 0 fully saturated rings. The molecule has 0 radical (unpaired) electrons. The lowest BCUT2D eigenvalue weighted by molar-refractivity contribution is 0.288. The van der Waals surface area contributed by atoms with Crippen molar-refractivity contribution in [2.45, 2.75) is 26.9 Å². The zero-order valence-electron chi connectivity index (χ0n) is 15.2. The van der Waals surface area contributed by atoms with Gasteiger partial charge in [0.25, 0.3) is 0 Å². The standard InChI is InChI=1S/C20H23N5.ClH/c1-3-23(4-2)14-19-21-20-15-24(16-10-6-5-7-11-16)17-12-8-9-13-18(17)25(20)22-19;/h5-13H,3-4,14-15H2,1-2H3;1H. The van der Waals surface area contributed by atoms with Gasteiger partial charge in [-0.2, -0.15) is 0 Å². The molecule has 136 valence electrons. The number of hydrogen-bond donors (Lipinski definition) is 0. The van der Waals surface area contributed by atoms with Gasteiger partial charge in [0.15, 0.2) is 11.6 Å². The molecule has 6 heteroatoms. The van der Waals surface area contributed by atoms with Crippen LogP contribution in [-0.4, -0.2) is 32.8 Å². The second-order valence-corrected chi connectivity index (χ2v) is 6.23. The summed E-state index contributed by atoms with van der Waals surface area (Å²) < 4.78 is 2.01. The number of nitrogens with zero attached hydrogens (tertiary/aromatic N) is 5. The average molecular weight is 370 g/mol. The van der Waals surface area contributed by atoms with Crippen LogP contribution in [0, 0.1) is 0 Å². The number of anilines is 2. The Morgan fingerprint density at radius 3 is 2.27 bits per heavy atom. The Balaban J connectivity index is 0.00000196. The summed E-state index contributed by atoms with van der Waals surface area (Å²) in [6.07, 6.45) is 0. The Labute approximate surface area is 160 Å². The zero-order valence-corrected chi connectivity index (χ0v) is 16.0. The Hall–Kier alpha value is -2.37. The molecule has 0 saturated carbocycles. The lowest BCUT2D eigenvalue weighted by Crippen LogP contribution is -2.25. The van der Waals surface area contributed by atoms with E-state index in [4.69, 9.17) is 10.1 Å². The minimum absolute atomic E-state index is 0. The van der Waals surface area contributed by atoms with E-state index in [1.807, 2.05) is 10.7 Å². The van der Waals surface area contributed by atoms with E-state index in [1.54, 1.807) is 0 Å². The quantitative estimate of drug-likeness (QED) is 0.676. The molecule has 3 aromatic rings. The number of rotatable bonds is 5. The molecule has 1 aromatic heterocycles. The number of halogens is 1. The third-order valence-electron chi connectivity index (χ3n) is 4.75. The van der Waals surface area contributed by atoms with Gasteiger partial charge in [-0.25, -0.2) is 9.67 Å². The number of hydrogen-bond acceptors (Lipinski definition) is 4. The maximum atomic E-state index is 4.83. The maximum absolute atomic E-state index is 4.83. The van der Waals surface area contributed by atoms with Gasteiger partial charge in [-0.3, -0.25) is 4.90 Å². The van der Waals surface area contributed by atoms with Gasteiger partial charge in [0.1, 0.15) is 0 Å². The molecule has 1 aliphatic rings. The van der Waals surface area contributed by atoms with Crippen LogP contribution in [0.25, 0.3) is 5.69 Å². The number of benzene rings is 2. The molecular formula is C20H24ClN5. The van der Waals surface area contributed by atoms with Crippen molar-refractivity contribution in [1.82, 2.24) is 19.7 Å². The fourth-order valence-corrected chi connectivity index (χ4v) is 3.34. The first-order valence-electron chi connectivity index (χ1n) is 8.89. The van der Waals surface area contributed by atoms with Crippen molar-refractivity contribution in [3.05, 3.63) is 66.2 Å². The first-order chi connectivity index (χ1) is 12.3. The fraction of sp³-hybridized carbons (Fsp3) is 0.300. The molecule has 0 aliphatic carbocycles. The van der Waals surface area contributed by atoms with Crippen LogP contribution in [0.4, 0.5) is 11.4 Å². The van der Waals surface area contributed by atoms with Gasteiger partial charge in [-0.1, -0.05) is 44.2 Å². The normalized spacial score (nSPS) is 12.5. The summed E-state index contributed by atoms with van der Waals surface area (Å²) >= 11 is 0. The molecule has 26 heavy (non-hydrogen) atoms. The first kappa shape index (κ1) is 18.4. The van der Waals surface area contributed by atoms with E-state index in [9.17, 15) is 0 Å². The Morgan fingerprint density at radius 1 is 0.923 bits per heavy atom. The molecule has 2 aromatic carbocycles. The summed E-state index contributed by atoms with van der Waals surface area (Å²) in [6, 6.07) is 18.9. The molecule has 0 unspecified atom stereocenters. The number of aromatic nitrogens is 3. The van der Waals surface area contributed by atoms with E-state index >= 15 is 0 Å². The maximum Gasteiger partial charge on any atom is 0.165 e. The highest BCUT2D eigenvalue weighted by Gasteiger charge is 2.25. The molecule has 5 nitrogen and oxygen atoms in total. The van der Waals surface area contributed by atoms with Gasteiger partial charge in [0.2, 0.25) is 0 Å². The Kier molecular flexibility index (Phi) is 5.59. The van der Waals surface area contributed by atoms with Crippen LogP contribution in [0.3, 0.4) is 0 Å². The van der Waals surface area contributed by atoms with Crippen LogP contribution in [0.5, 0.6) is 0 Å². The van der Waals surface area contributed by atoms with Crippen LogP contribution in [0.15, 0.2) is 54.6 Å². The van der Waals surface area contributed by atoms with Crippen LogP contribution >= 0.6 is 12.4 Å². The van der Waals surface area contributed by atoms with E-state index in [-0.39, 0.29) is 12.4 Å². The fourth-order valence-electron chi connectivity index (χ4n) is 3.34. The van der Waals surface area contributed by atoms with Crippen molar-refractivity contribution < 1.29 is 0 Å². The highest BCUT2D eigenvalue weighted by molar-refractivity contribution is 5.85. The molecule has 0 saturated heterocycles. The van der Waals surface area contributed by atoms with Gasteiger partial charge in [0.05, 0.1) is 24.5 Å². The summed E-state index contributed by atoms with van der Waals surface area (Å²) in [5, 5.41) is 4.79. The van der Waals surface area contributed by atoms with Gasteiger partial charge in [-0.15, -0.1) is 17.5 Å². The highest BCUT2D eigenvalue weighted by atomic mass is 35.5. The molecule has 0 atom stereocenters. The van der Waals surface area contributed by atoms with Crippen molar-refractivity contribution in [3.63, 3.8) is 0 Å². The van der Waals surface area contributed by atoms with Crippen molar-refractivity contribution >= 4 is 23.8 Å². The Bertz CT molecular complexity index is 858. The minimum Gasteiger partial charge on any atom is -0.332 e. The molecule has 0 amide bonds. The van der Waals surface area contributed by atoms with Crippen LogP contribution < -0.4 is 4.90 Å². The minimum atomic E-state index is 0. The molecule has 2 heterocycles. The summed E-state index contributed by atoms with van der Waals surface area (Å²) in [5.74, 6) is 1.88. The molecule has 1 aliphatic heterocycles. The van der Waals surface area contributed by atoms with Gasteiger partial charge in [0, 0.05) is 5.69 Å². The average Bonchev–Trinajstić information content (AvgIpc) is 3.09. The first-order valence-corrected chi connectivity index (χ1v) is 8.89. The topological polar surface area (TPSA) is 37.2 Å². The molecular weight excluding hydrogens is 346 g/mol. The smallest absolute Gasteiger partial charge is 0.165 e. The van der Waals surface area contributed by atoms with Crippen LogP contribution in [0.2, 0.25) is 0 Å². The second kappa shape index (κ2) is 7.89. The van der Waals surface area contributed by atoms with E-state index < -0.39 is 0 Å². The molecule has 0 spiro atoms. The largest absolute Gasteiger partial charge is 0.332 e. The van der Waals surface area contributed by atoms with Crippen molar-refractivity contribution in [1.29, 1.82) is 0 Å². The second-order valence-electron chi connectivity index (χ2n) is 6.23. The van der Waals surface area contributed by atoms with Crippen LogP contribution in [0.1, 0.15) is 25.5 Å². The Morgan fingerprint density at radius 2 is 1.58 bits per heavy atom. The zero-order chi connectivity index (χ0) is 17.2. The van der Waals surface area contributed by atoms with Gasteiger partial charge in [-0.05, 0) is 37.4 Å². The predicted molar refractivity (Wildman–Crippen MR) is 108 cm³/mol. The lowest BCUT2D eigenvalue weighted by Gasteiger charge is -2.30. The predicted octanol–water partition coefficient (Wildman–Crippen LogP) is 4.18. The van der Waals surface area contributed by atoms with Crippen molar-refractivity contribution in [2.24, 2.45) is 0 Å². The number of para-hydroxylation sites is 3. The van der Waals surface area contributed by atoms with Gasteiger partial charge < -0.3 is 4.90 Å². The lowest BCUT2D eigenvalue weighted by atomic mass is 10.1.